The van der Waals surface area contributed by atoms with Crippen LogP contribution in [-0.4, -0.2) is 174 Å². The van der Waals surface area contributed by atoms with E-state index in [0.29, 0.717) is 0 Å². The topological polar surface area (TPSA) is 631 Å². The van der Waals surface area contributed by atoms with E-state index in [9.17, 15) is 0 Å². The zero-order chi connectivity index (χ0) is 98.6. The zero-order valence-electron chi connectivity index (χ0n) is 77.8. The van der Waals surface area contributed by atoms with E-state index in [0.717, 1.165) is 293 Å². The molecule has 4 radical (unpaired) electrons. The number of unbranched alkanes of at least 4 members (excludes halogenated alkanes) is 4. The molecule has 40 heteroatoms. The number of carboxylic acids is 8. The van der Waals surface area contributed by atoms with Gasteiger partial charge in [-0.2, -0.15) is 0 Å². The van der Waals surface area contributed by atoms with Gasteiger partial charge in [-0.15, -0.1) is 0 Å². The molecule has 16 aromatic rings. The normalized spacial score (nSPS) is 9.41. The number of rotatable bonds is 20. The molecule has 16 rings (SSSR count). The molecule has 0 amide bonds. The molecule has 12 N–H and O–H groups in total. The number of aliphatic hydroxyl groups is 4. The van der Waals surface area contributed by atoms with Gasteiger partial charge in [-0.3, -0.25) is 0 Å². The molecule has 0 aliphatic carbocycles. The Hall–Kier alpha value is -12.9. The number of aliphatic hydroxyl groups excluding tert-OH is 4. The Morgan fingerprint density at radius 3 is 0.346 bits per heavy atom. The Morgan fingerprint density at radius 2 is 0.272 bits per heavy atom. The minimum atomic E-state index is -1.08. The molecule has 0 aliphatic heterocycles. The molecule has 740 valence electrons. The smallest absolute Gasteiger partial charge is 0.550 e. The van der Waals surface area contributed by atoms with Gasteiger partial charge >= 0.3 is 67.1 Å². The number of aryl methyl sites for hydroxylation is 8. The summed E-state index contributed by atoms with van der Waals surface area (Å²) < 4.78 is 0. The number of aromatic amines is 8. The standard InChI is InChI=1S/4C18H18N4.8C2H4O2.4C2H6O.4Co/c4*1-2-8-14-13(7-1)19-17(20-14)11-5-6-12-18-21-15-9-3-4-10-16(15)22-18;8*1-2(3)4;4*1-2-3;;;;/h4*1-4,7-10H,5-6,11-12H2,(H,19,20)(H,21,22);8*1H3,(H,3,4);4*3H,2H2,1H3;;;;/q;;;;;;;;;;;;;;;;4*+2/p-8. The number of nitrogens with zero attached hydrogens (tertiary/aromatic N) is 8. The number of benzene rings is 8. The van der Waals surface area contributed by atoms with Crippen molar-refractivity contribution in [3.8, 4) is 0 Å². The van der Waals surface area contributed by atoms with Crippen LogP contribution in [-0.2, 0) is 157 Å². The largest absolute Gasteiger partial charge is 2.00 e. The first-order valence-electron chi connectivity index (χ1n) is 42.4. The van der Waals surface area contributed by atoms with Gasteiger partial charge in [0, 0.05) is 126 Å². The molecule has 8 heterocycles. The van der Waals surface area contributed by atoms with E-state index in [1.165, 1.54) is 0 Å². The number of fused-ring (bicyclic) bond motifs is 8. The fourth-order valence-electron chi connectivity index (χ4n) is 11.3. The average Bonchev–Trinajstić information content (AvgIpc) is 1.70. The second-order valence-electron chi connectivity index (χ2n) is 27.6. The number of aromatic nitrogens is 16. The van der Waals surface area contributed by atoms with Crippen LogP contribution in [0.3, 0.4) is 0 Å². The number of hydrogen-bond donors (Lipinski definition) is 12. The molecule has 0 bridgehead atoms. The van der Waals surface area contributed by atoms with Crippen LogP contribution in [0, 0.1) is 0 Å². The maximum atomic E-state index is 8.89. The van der Waals surface area contributed by atoms with Gasteiger partial charge in [0.1, 0.15) is 46.6 Å². The summed E-state index contributed by atoms with van der Waals surface area (Å²) in [5.74, 6) is -0.0681. The third-order valence-corrected chi connectivity index (χ3v) is 15.8. The molecular formula is C96H120Co4N16O20. The number of carbonyl (C=O) groups excluding carboxylic acids is 8. The predicted octanol–water partition coefficient (Wildman–Crippen LogP) is 6.05. The Bertz CT molecular complexity index is 4570. The van der Waals surface area contributed by atoms with Crippen LogP contribution < -0.4 is 40.9 Å². The van der Waals surface area contributed by atoms with Crippen LogP contribution in [0.1, 0.15) is 181 Å². The van der Waals surface area contributed by atoms with Crippen molar-refractivity contribution in [2.75, 3.05) is 26.4 Å². The van der Waals surface area contributed by atoms with Crippen molar-refractivity contribution < 1.29 is 167 Å². The number of aliphatic carboxylic acids is 8. The predicted molar refractivity (Wildman–Crippen MR) is 492 cm³/mol. The molecule has 8 aromatic heterocycles. The van der Waals surface area contributed by atoms with E-state index >= 15 is 0 Å². The van der Waals surface area contributed by atoms with Crippen molar-refractivity contribution in [2.24, 2.45) is 0 Å². The fourth-order valence-corrected chi connectivity index (χ4v) is 11.3. The summed E-state index contributed by atoms with van der Waals surface area (Å²) in [5.41, 5.74) is 17.4. The van der Waals surface area contributed by atoms with Gasteiger partial charge in [0.2, 0.25) is 0 Å². The second-order valence-corrected chi connectivity index (χ2v) is 27.6. The number of carboxylic acid groups (broad SMARTS) is 8. The van der Waals surface area contributed by atoms with E-state index in [1.807, 2.05) is 146 Å². The van der Waals surface area contributed by atoms with Crippen molar-refractivity contribution in [2.45, 2.75) is 186 Å². The summed E-state index contributed by atoms with van der Waals surface area (Å²) in [5, 5.41) is 101. The third kappa shape index (κ3) is 62.6. The number of hydrogen-bond acceptors (Lipinski definition) is 28. The minimum absolute atomic E-state index is 0. The molecule has 8 aromatic carbocycles. The molecule has 0 aliphatic rings. The van der Waals surface area contributed by atoms with Crippen molar-refractivity contribution >= 4 is 136 Å². The zero-order valence-corrected chi connectivity index (χ0v) is 82.0. The van der Waals surface area contributed by atoms with Gasteiger partial charge in [-0.1, -0.05) is 97.1 Å². The first kappa shape index (κ1) is 129. The van der Waals surface area contributed by atoms with Crippen LogP contribution in [0.2, 0.25) is 0 Å². The SMILES string of the molecule is CC(=O)[O-].CC(=O)[O-].CC(=O)[O-].CC(=O)[O-].CC(=O)[O-].CC(=O)[O-].CC(=O)[O-].CC(=O)[O-].CCO.CCO.CCO.CCO.[Co+2].[Co+2].[Co+2].[Co+2].c1ccc2[nH]c(CCCCc3nc4ccccc4[nH]3)nc2c1.c1ccc2[nH]c(CCCCc3nc4ccccc4[nH]3)nc2c1.c1ccc2[nH]c(CCCCc3nc4ccccc4[nH]3)nc2c1.c1ccc2[nH]c(CCCCc3nc4ccccc4[nH]3)nc2c1. The number of carbonyl (C=O) groups is 8. The van der Waals surface area contributed by atoms with Gasteiger partial charge < -0.3 is 140 Å². The van der Waals surface area contributed by atoms with Gasteiger partial charge in [-0.05, 0) is 232 Å². The van der Waals surface area contributed by atoms with Crippen molar-refractivity contribution in [1.82, 2.24) is 79.7 Å². The maximum absolute atomic E-state index is 8.89. The molecule has 0 unspecified atom stereocenters. The first-order chi connectivity index (χ1) is 63.0. The van der Waals surface area contributed by atoms with Gasteiger partial charge in [0.15, 0.2) is 0 Å². The van der Waals surface area contributed by atoms with E-state index in [-0.39, 0.29) is 93.5 Å². The van der Waals surface area contributed by atoms with Crippen molar-refractivity contribution in [3.63, 3.8) is 0 Å². The number of para-hydroxylation sites is 16. The number of imidazole rings is 8. The first-order valence-corrected chi connectivity index (χ1v) is 42.4. The van der Waals surface area contributed by atoms with Gasteiger partial charge in [-0.25, -0.2) is 39.9 Å². The van der Waals surface area contributed by atoms with E-state index < -0.39 is 47.8 Å². The molecule has 0 saturated carbocycles. The average molecular weight is 2050 g/mol. The van der Waals surface area contributed by atoms with Crippen molar-refractivity contribution in [3.05, 3.63) is 241 Å². The quantitative estimate of drug-likeness (QED) is 0.0386. The van der Waals surface area contributed by atoms with Crippen LogP contribution in [0.25, 0.3) is 88.3 Å². The molecule has 0 atom stereocenters. The van der Waals surface area contributed by atoms with Crippen LogP contribution in [0.4, 0.5) is 0 Å². The second kappa shape index (κ2) is 78.5. The van der Waals surface area contributed by atoms with E-state index in [1.54, 1.807) is 27.7 Å². The Labute approximate surface area is 830 Å². The molecule has 0 fully saturated rings. The van der Waals surface area contributed by atoms with Gasteiger partial charge in [0.05, 0.1) is 88.3 Å². The molecular weight excluding hydrogens is 1930 g/mol. The number of H-pyrrole nitrogens is 8. The minimum Gasteiger partial charge on any atom is -0.550 e. The molecule has 36 nitrogen and oxygen atoms in total. The summed E-state index contributed by atoms with van der Waals surface area (Å²) in [7, 11) is 0. The summed E-state index contributed by atoms with van der Waals surface area (Å²) >= 11 is 0. The molecule has 136 heavy (non-hydrogen) atoms. The summed E-state index contributed by atoms with van der Waals surface area (Å²) in [4.78, 5) is 135. The Morgan fingerprint density at radius 1 is 0.199 bits per heavy atom. The summed E-state index contributed by atoms with van der Waals surface area (Å²) in [6.45, 7) is 15.5. The number of nitrogens with one attached hydrogen (secondary N) is 8. The molecule has 0 spiro atoms. The van der Waals surface area contributed by atoms with Crippen LogP contribution in [0.5, 0.6) is 0 Å². The van der Waals surface area contributed by atoms with E-state index in [4.69, 9.17) is 99.6 Å². The third-order valence-electron chi connectivity index (χ3n) is 15.8. The van der Waals surface area contributed by atoms with E-state index in [2.05, 4.69) is 128 Å². The Balaban J connectivity index is -0.000000739. The van der Waals surface area contributed by atoms with Crippen LogP contribution in [0.15, 0.2) is 194 Å². The Kier molecular flexibility index (Phi) is 74.7. The maximum Gasteiger partial charge on any atom is 2.00 e. The van der Waals surface area contributed by atoms with Crippen LogP contribution >= 0.6 is 0 Å². The monoisotopic (exact) mass is 2050 g/mol. The summed E-state index contributed by atoms with van der Waals surface area (Å²) in [6.07, 6.45) is 16.7. The van der Waals surface area contributed by atoms with Gasteiger partial charge in [0.25, 0.3) is 0 Å². The van der Waals surface area contributed by atoms with Crippen molar-refractivity contribution in [1.29, 1.82) is 0 Å². The summed E-state index contributed by atoms with van der Waals surface area (Å²) in [6, 6.07) is 65.4. The fraction of sp³-hybridized carbons (Fsp3) is 0.333. The molecule has 0 saturated heterocycles.